The Bertz CT molecular complexity index is 935. The lowest BCUT2D eigenvalue weighted by Crippen LogP contribution is -2.15. The monoisotopic (exact) mass is 366 g/mol. The third-order valence-electron chi connectivity index (χ3n) is 4.11. The summed E-state index contributed by atoms with van der Waals surface area (Å²) in [6.45, 7) is 1.64. The van der Waals surface area contributed by atoms with Crippen LogP contribution in [0.3, 0.4) is 0 Å². The largest absolute Gasteiger partial charge is 0.486 e. The van der Waals surface area contributed by atoms with Crippen molar-refractivity contribution < 1.29 is 13.9 Å². The molecule has 0 saturated heterocycles. The Morgan fingerprint density at radius 1 is 1.00 bits per heavy atom. The number of hydrogen-bond acceptors (Lipinski definition) is 6. The molecule has 2 N–H and O–H groups in total. The van der Waals surface area contributed by atoms with E-state index in [9.17, 15) is 4.39 Å². The minimum atomic E-state index is -0.200. The number of halogens is 1. The van der Waals surface area contributed by atoms with Crippen molar-refractivity contribution in [2.24, 2.45) is 0 Å². The maximum Gasteiger partial charge on any atom is 0.224 e. The molecule has 1 aromatic heterocycles. The number of rotatable bonds is 6. The lowest BCUT2D eigenvalue weighted by molar-refractivity contribution is 0.171. The van der Waals surface area contributed by atoms with Gasteiger partial charge in [0.25, 0.3) is 0 Å². The number of nitrogens with one attached hydrogen (secondary N) is 2. The Balaban J connectivity index is 1.38. The Morgan fingerprint density at radius 3 is 2.74 bits per heavy atom. The number of aromatic nitrogens is 2. The second-order valence-electron chi connectivity index (χ2n) is 6.02. The first kappa shape index (κ1) is 17.1. The highest BCUT2D eigenvalue weighted by atomic mass is 19.1. The van der Waals surface area contributed by atoms with Gasteiger partial charge in [-0.3, -0.25) is 0 Å². The molecule has 138 valence electrons. The van der Waals surface area contributed by atoms with E-state index in [0.29, 0.717) is 49.3 Å². The Labute approximate surface area is 156 Å². The molecule has 7 heteroatoms. The average molecular weight is 366 g/mol. The number of anilines is 3. The number of fused-ring (bicyclic) bond motifs is 1. The van der Waals surface area contributed by atoms with E-state index in [1.807, 2.05) is 24.3 Å². The molecule has 0 atom stereocenters. The Kier molecular flexibility index (Phi) is 5.00. The van der Waals surface area contributed by atoms with E-state index in [4.69, 9.17) is 9.47 Å². The van der Waals surface area contributed by atoms with Crippen LogP contribution in [0.2, 0.25) is 0 Å². The number of nitrogens with zero attached hydrogens (tertiary/aromatic N) is 2. The molecule has 0 fully saturated rings. The molecule has 2 heterocycles. The highest BCUT2D eigenvalue weighted by Crippen LogP contribution is 2.33. The van der Waals surface area contributed by atoms with E-state index in [1.165, 1.54) is 6.07 Å². The van der Waals surface area contributed by atoms with Crippen molar-refractivity contribution in [2.45, 2.75) is 6.42 Å². The summed E-state index contributed by atoms with van der Waals surface area (Å²) in [5.74, 6) is 2.38. The minimum absolute atomic E-state index is 0.200. The summed E-state index contributed by atoms with van der Waals surface area (Å²) in [5.41, 5.74) is 1.51. The normalized spacial score (nSPS) is 12.5. The fourth-order valence-corrected chi connectivity index (χ4v) is 2.79. The molecule has 3 aromatic rings. The summed E-state index contributed by atoms with van der Waals surface area (Å²) in [6, 6.07) is 14.2. The van der Waals surface area contributed by atoms with Crippen LogP contribution in [0.5, 0.6) is 11.5 Å². The molecular formula is C20H19FN4O2. The number of benzene rings is 2. The van der Waals surface area contributed by atoms with Crippen molar-refractivity contribution in [3.63, 3.8) is 0 Å². The first-order chi connectivity index (χ1) is 13.3. The standard InChI is InChI=1S/C20H19FN4O2/c21-16-4-2-1-3-14(16)7-9-22-20-23-10-8-19(25-20)24-15-5-6-17-18(13-15)27-12-11-26-17/h1-6,8,10,13H,7,9,11-12H2,(H2,22,23,24,25). The van der Waals surface area contributed by atoms with E-state index in [1.54, 1.807) is 24.4 Å². The molecule has 0 spiro atoms. The van der Waals surface area contributed by atoms with Gasteiger partial charge in [-0.15, -0.1) is 0 Å². The van der Waals surface area contributed by atoms with Crippen LogP contribution in [0.25, 0.3) is 0 Å². The fourth-order valence-electron chi connectivity index (χ4n) is 2.79. The second kappa shape index (κ2) is 7.90. The highest BCUT2D eigenvalue weighted by molar-refractivity contribution is 5.62. The Morgan fingerprint density at radius 2 is 1.85 bits per heavy atom. The van der Waals surface area contributed by atoms with Gasteiger partial charge < -0.3 is 20.1 Å². The zero-order valence-corrected chi connectivity index (χ0v) is 14.6. The maximum absolute atomic E-state index is 13.7. The van der Waals surface area contributed by atoms with Gasteiger partial charge >= 0.3 is 0 Å². The molecule has 0 bridgehead atoms. The van der Waals surface area contributed by atoms with Gasteiger partial charge in [-0.2, -0.15) is 4.98 Å². The van der Waals surface area contributed by atoms with E-state index >= 15 is 0 Å². The van der Waals surface area contributed by atoms with Gasteiger partial charge in [-0.25, -0.2) is 9.37 Å². The zero-order chi connectivity index (χ0) is 18.5. The van der Waals surface area contributed by atoms with Crippen LogP contribution in [0.15, 0.2) is 54.7 Å². The molecule has 0 unspecified atom stereocenters. The van der Waals surface area contributed by atoms with E-state index in [-0.39, 0.29) is 5.82 Å². The van der Waals surface area contributed by atoms with Crippen molar-refractivity contribution in [1.82, 2.24) is 9.97 Å². The first-order valence-corrected chi connectivity index (χ1v) is 8.75. The second-order valence-corrected chi connectivity index (χ2v) is 6.02. The van der Waals surface area contributed by atoms with Crippen LogP contribution < -0.4 is 20.1 Å². The minimum Gasteiger partial charge on any atom is -0.486 e. The Hall–Kier alpha value is -3.35. The van der Waals surface area contributed by atoms with Crippen molar-refractivity contribution in [1.29, 1.82) is 0 Å². The quantitative estimate of drug-likeness (QED) is 0.692. The van der Waals surface area contributed by atoms with Gasteiger partial charge in [-0.1, -0.05) is 18.2 Å². The van der Waals surface area contributed by atoms with Gasteiger partial charge in [0, 0.05) is 24.5 Å². The molecule has 1 aliphatic heterocycles. The van der Waals surface area contributed by atoms with Crippen LogP contribution in [-0.2, 0) is 6.42 Å². The molecule has 1 aliphatic rings. The van der Waals surface area contributed by atoms with Crippen molar-refractivity contribution in [3.05, 3.63) is 66.1 Å². The van der Waals surface area contributed by atoms with Crippen molar-refractivity contribution >= 4 is 17.5 Å². The van der Waals surface area contributed by atoms with Crippen LogP contribution in [-0.4, -0.2) is 29.7 Å². The predicted molar refractivity (Wildman–Crippen MR) is 101 cm³/mol. The van der Waals surface area contributed by atoms with Crippen LogP contribution in [0, 0.1) is 5.82 Å². The SMILES string of the molecule is Fc1ccccc1CCNc1nccc(Nc2ccc3c(c2)OCCO3)n1. The molecule has 0 aliphatic carbocycles. The molecule has 0 radical (unpaired) electrons. The fraction of sp³-hybridized carbons (Fsp3) is 0.200. The first-order valence-electron chi connectivity index (χ1n) is 8.75. The third kappa shape index (κ3) is 4.25. The zero-order valence-electron chi connectivity index (χ0n) is 14.6. The number of ether oxygens (including phenoxy) is 2. The van der Waals surface area contributed by atoms with Crippen molar-refractivity contribution in [2.75, 3.05) is 30.4 Å². The summed E-state index contributed by atoms with van der Waals surface area (Å²) >= 11 is 0. The lowest BCUT2D eigenvalue weighted by atomic mass is 10.1. The molecule has 27 heavy (non-hydrogen) atoms. The maximum atomic E-state index is 13.7. The smallest absolute Gasteiger partial charge is 0.224 e. The van der Waals surface area contributed by atoms with E-state index in [2.05, 4.69) is 20.6 Å². The summed E-state index contributed by atoms with van der Waals surface area (Å²) in [6.07, 6.45) is 2.22. The summed E-state index contributed by atoms with van der Waals surface area (Å²) in [4.78, 5) is 8.64. The van der Waals surface area contributed by atoms with E-state index in [0.717, 1.165) is 11.4 Å². The van der Waals surface area contributed by atoms with Gasteiger partial charge in [0.05, 0.1) is 0 Å². The van der Waals surface area contributed by atoms with Crippen LogP contribution >= 0.6 is 0 Å². The third-order valence-corrected chi connectivity index (χ3v) is 4.11. The van der Waals surface area contributed by atoms with Crippen LogP contribution in [0.4, 0.5) is 21.8 Å². The summed E-state index contributed by atoms with van der Waals surface area (Å²) in [5, 5.41) is 6.35. The number of hydrogen-bond donors (Lipinski definition) is 2. The average Bonchev–Trinajstić information content (AvgIpc) is 2.70. The topological polar surface area (TPSA) is 68.3 Å². The van der Waals surface area contributed by atoms with Crippen LogP contribution in [0.1, 0.15) is 5.56 Å². The van der Waals surface area contributed by atoms with Crippen molar-refractivity contribution in [3.8, 4) is 11.5 Å². The van der Waals surface area contributed by atoms with Gasteiger partial charge in [0.2, 0.25) is 5.95 Å². The predicted octanol–water partition coefficient (Wildman–Crippen LogP) is 3.79. The molecule has 0 amide bonds. The molecule has 2 aromatic carbocycles. The van der Waals surface area contributed by atoms with Gasteiger partial charge in [-0.05, 0) is 36.2 Å². The highest BCUT2D eigenvalue weighted by Gasteiger charge is 2.12. The lowest BCUT2D eigenvalue weighted by Gasteiger charge is -2.19. The molecule has 6 nitrogen and oxygen atoms in total. The summed E-state index contributed by atoms with van der Waals surface area (Å²) in [7, 11) is 0. The van der Waals surface area contributed by atoms with Gasteiger partial charge in [0.15, 0.2) is 11.5 Å². The summed E-state index contributed by atoms with van der Waals surface area (Å²) < 4.78 is 24.8. The molecule has 4 rings (SSSR count). The molecule has 0 saturated carbocycles. The molecular weight excluding hydrogens is 347 g/mol. The van der Waals surface area contributed by atoms with E-state index < -0.39 is 0 Å². The van der Waals surface area contributed by atoms with Gasteiger partial charge in [0.1, 0.15) is 24.8 Å².